The van der Waals surface area contributed by atoms with E-state index in [2.05, 4.69) is 151 Å². The fourth-order valence-corrected chi connectivity index (χ4v) is 8.14. The maximum absolute atomic E-state index is 5.36. The standard InChI is InChI=1S/C39H22NP/c1-3-15-28(16-4-1)41(29-17-5-2-6-18-29)30-19-13-14-27(26-30)39-38-34-23-10-8-21-32(34)31-20-7-9-22-33(31)37(38)35-24-11-12-25-36(35)40-39/h1-4,7-16,19-26H. The largest absolute Gasteiger partial charge is 0.247 e. The van der Waals surface area contributed by atoms with Crippen molar-refractivity contribution in [2.75, 3.05) is 0 Å². The number of aromatic nitrogens is 1. The first-order valence-electron chi connectivity index (χ1n) is 13.7. The summed E-state index contributed by atoms with van der Waals surface area (Å²) in [5, 5.41) is 12.1. The molecule has 1 nitrogen and oxygen atoms in total. The summed E-state index contributed by atoms with van der Waals surface area (Å²) in [7, 11) is -0.895. The maximum Gasteiger partial charge on any atom is 0.0843 e. The van der Waals surface area contributed by atoms with Crippen LogP contribution in [0.1, 0.15) is 0 Å². The lowest BCUT2D eigenvalue weighted by Crippen LogP contribution is -2.13. The lowest BCUT2D eigenvalue weighted by atomic mass is 9.90. The molecule has 0 N–H and O–H groups in total. The highest BCUT2D eigenvalue weighted by Crippen LogP contribution is 2.45. The van der Waals surface area contributed by atoms with Crippen molar-refractivity contribution < 1.29 is 0 Å². The Kier molecular flexibility index (Phi) is 5.64. The Morgan fingerprint density at radius 3 is 1.90 bits per heavy atom. The van der Waals surface area contributed by atoms with Gasteiger partial charge in [0.25, 0.3) is 0 Å². The molecule has 0 aliphatic heterocycles. The van der Waals surface area contributed by atoms with Crippen molar-refractivity contribution in [3.05, 3.63) is 150 Å². The molecule has 41 heavy (non-hydrogen) atoms. The highest BCUT2D eigenvalue weighted by molar-refractivity contribution is 7.77. The monoisotopic (exact) mass is 535 g/mol. The van der Waals surface area contributed by atoms with Crippen LogP contribution in [0.5, 0.6) is 0 Å². The van der Waals surface area contributed by atoms with Gasteiger partial charge < -0.3 is 0 Å². The van der Waals surface area contributed by atoms with Gasteiger partial charge in [-0.25, -0.2) is 4.98 Å². The normalized spacial score (nSPS) is 12.9. The fraction of sp³-hybridized carbons (Fsp3) is 0. The minimum Gasteiger partial charge on any atom is -0.247 e. The van der Waals surface area contributed by atoms with Crippen LogP contribution in [-0.4, -0.2) is 4.98 Å². The second-order valence-corrected chi connectivity index (χ2v) is 12.2. The molecule has 0 radical (unpaired) electrons. The van der Waals surface area contributed by atoms with Gasteiger partial charge in [-0.1, -0.05) is 139 Å². The number of pyridine rings is 1. The van der Waals surface area contributed by atoms with E-state index in [0.29, 0.717) is 0 Å². The molecule has 6 aromatic carbocycles. The van der Waals surface area contributed by atoms with Gasteiger partial charge in [-0.05, 0) is 44.3 Å². The first kappa shape index (κ1) is 23.7. The Balaban J connectivity index is 1.48. The topological polar surface area (TPSA) is 12.9 Å². The third-order valence-electron chi connectivity index (χ3n) is 7.72. The van der Waals surface area contributed by atoms with E-state index in [0.717, 1.165) is 22.1 Å². The number of rotatable bonds is 4. The van der Waals surface area contributed by atoms with Crippen molar-refractivity contribution in [2.45, 2.75) is 0 Å². The van der Waals surface area contributed by atoms with E-state index < -0.39 is 7.92 Å². The molecule has 1 aromatic heterocycles. The van der Waals surface area contributed by atoms with Crippen LogP contribution in [0.4, 0.5) is 0 Å². The lowest BCUT2D eigenvalue weighted by molar-refractivity contribution is 1.44. The first-order valence-corrected chi connectivity index (χ1v) is 15.0. The summed E-state index contributed by atoms with van der Waals surface area (Å²) in [5.41, 5.74) is 9.53. The molecule has 1 aliphatic rings. The van der Waals surface area contributed by atoms with Crippen molar-refractivity contribution >= 4 is 61.8 Å². The summed E-state index contributed by atoms with van der Waals surface area (Å²) in [6.07, 6.45) is 1.74. The van der Waals surface area contributed by atoms with Gasteiger partial charge in [0.2, 0.25) is 0 Å². The molecule has 1 atom stereocenters. The molecule has 0 bridgehead atoms. The van der Waals surface area contributed by atoms with Gasteiger partial charge in [-0.15, -0.1) is 0 Å². The SMILES string of the molecule is C1=C=C(P(c2ccccc2)c2cccc(-c3nc4ccccc4c4c5ccccc5c5ccccc5c34)c2)C#CC=1. The predicted molar refractivity (Wildman–Crippen MR) is 175 cm³/mol. The lowest BCUT2D eigenvalue weighted by Gasteiger charge is -2.19. The van der Waals surface area contributed by atoms with Crippen LogP contribution in [0.3, 0.4) is 0 Å². The molecule has 1 unspecified atom stereocenters. The van der Waals surface area contributed by atoms with Gasteiger partial charge in [0.05, 0.1) is 16.5 Å². The molecule has 0 spiro atoms. The van der Waals surface area contributed by atoms with Crippen LogP contribution in [0.2, 0.25) is 0 Å². The molecule has 7 aromatic rings. The Morgan fingerprint density at radius 2 is 1.17 bits per heavy atom. The Morgan fingerprint density at radius 1 is 0.537 bits per heavy atom. The third kappa shape index (κ3) is 3.91. The van der Waals surface area contributed by atoms with E-state index in [4.69, 9.17) is 4.98 Å². The Hall–Kier alpha value is -5.20. The smallest absolute Gasteiger partial charge is 0.0843 e. The summed E-state index contributed by atoms with van der Waals surface area (Å²) in [5.74, 6) is 6.42. The van der Waals surface area contributed by atoms with Crippen LogP contribution in [0.15, 0.2) is 150 Å². The molecular formula is C39H22NP. The van der Waals surface area contributed by atoms with Crippen LogP contribution >= 0.6 is 7.92 Å². The molecule has 0 saturated heterocycles. The van der Waals surface area contributed by atoms with Crippen LogP contribution in [-0.2, 0) is 0 Å². The van der Waals surface area contributed by atoms with E-state index >= 15 is 0 Å². The van der Waals surface area contributed by atoms with E-state index in [9.17, 15) is 0 Å². The molecule has 188 valence electrons. The summed E-state index contributed by atoms with van der Waals surface area (Å²) < 4.78 is 0. The van der Waals surface area contributed by atoms with Gasteiger partial charge >= 0.3 is 0 Å². The number of hydrogen-bond acceptors (Lipinski definition) is 1. The Labute approximate surface area is 239 Å². The molecular weight excluding hydrogens is 513 g/mol. The van der Waals surface area contributed by atoms with Gasteiger partial charge in [0, 0.05) is 35.7 Å². The number of nitrogens with zero attached hydrogens (tertiary/aromatic N) is 1. The zero-order chi connectivity index (χ0) is 27.2. The zero-order valence-electron chi connectivity index (χ0n) is 22.1. The zero-order valence-corrected chi connectivity index (χ0v) is 23.0. The summed E-state index contributed by atoms with van der Waals surface area (Å²) in [6, 6.07) is 45.5. The predicted octanol–water partition coefficient (Wildman–Crippen LogP) is 9.01. The van der Waals surface area contributed by atoms with Gasteiger partial charge in [0.15, 0.2) is 0 Å². The van der Waals surface area contributed by atoms with E-state index in [1.54, 1.807) is 6.08 Å². The van der Waals surface area contributed by atoms with Crippen molar-refractivity contribution in [1.82, 2.24) is 4.98 Å². The molecule has 0 amide bonds. The molecule has 1 heterocycles. The van der Waals surface area contributed by atoms with Crippen LogP contribution in [0.25, 0.3) is 54.5 Å². The van der Waals surface area contributed by atoms with E-state index in [-0.39, 0.29) is 0 Å². The van der Waals surface area contributed by atoms with Crippen LogP contribution in [0, 0.1) is 11.8 Å². The third-order valence-corrected chi connectivity index (χ3v) is 10.00. The highest BCUT2D eigenvalue weighted by atomic mass is 31.1. The number of benzene rings is 6. The quantitative estimate of drug-likeness (QED) is 0.0949. The summed E-state index contributed by atoms with van der Waals surface area (Å²) in [6.45, 7) is 0. The summed E-state index contributed by atoms with van der Waals surface area (Å²) >= 11 is 0. The maximum atomic E-state index is 5.36. The fourth-order valence-electron chi connectivity index (χ4n) is 6.00. The van der Waals surface area contributed by atoms with E-state index in [1.807, 2.05) is 0 Å². The molecule has 0 fully saturated rings. The molecule has 8 rings (SSSR count). The molecule has 1 aliphatic carbocycles. The average molecular weight is 536 g/mol. The average Bonchev–Trinajstić information content (AvgIpc) is 3.05. The van der Waals surface area contributed by atoms with Gasteiger partial charge in [-0.2, -0.15) is 0 Å². The number of allylic oxidation sites excluding steroid dienone is 2. The van der Waals surface area contributed by atoms with Crippen molar-refractivity contribution in [2.24, 2.45) is 0 Å². The van der Waals surface area contributed by atoms with Crippen molar-refractivity contribution in [1.29, 1.82) is 0 Å². The van der Waals surface area contributed by atoms with E-state index in [1.165, 1.54) is 48.3 Å². The molecule has 2 heteroatoms. The highest BCUT2D eigenvalue weighted by Gasteiger charge is 2.21. The second kappa shape index (κ2) is 9.77. The second-order valence-electron chi connectivity index (χ2n) is 10.1. The first-order chi connectivity index (χ1) is 20.4. The van der Waals surface area contributed by atoms with Crippen molar-refractivity contribution in [3.8, 4) is 23.1 Å². The Bertz CT molecular complexity index is 2340. The number of para-hydroxylation sites is 1. The van der Waals surface area contributed by atoms with Gasteiger partial charge in [0.1, 0.15) is 0 Å². The minimum absolute atomic E-state index is 0.895. The minimum atomic E-state index is -0.895. The summed E-state index contributed by atoms with van der Waals surface area (Å²) in [4.78, 5) is 5.36. The van der Waals surface area contributed by atoms with Crippen molar-refractivity contribution in [3.63, 3.8) is 0 Å². The van der Waals surface area contributed by atoms with Gasteiger partial charge in [-0.3, -0.25) is 0 Å². The van der Waals surface area contributed by atoms with Crippen LogP contribution < -0.4 is 10.6 Å². The molecule has 0 saturated carbocycles. The number of hydrogen-bond donors (Lipinski definition) is 0. The number of fused-ring (bicyclic) bond motifs is 8.